The molecular weight excluding hydrogens is 393 g/mol. The van der Waals surface area contributed by atoms with Gasteiger partial charge in [-0.3, -0.25) is 14.7 Å². The Labute approximate surface area is 182 Å². The average molecular weight is 422 g/mol. The van der Waals surface area contributed by atoms with E-state index in [1.807, 2.05) is 30.7 Å². The highest BCUT2D eigenvalue weighted by Gasteiger charge is 2.30. The lowest BCUT2D eigenvalue weighted by Crippen LogP contribution is -2.41. The van der Waals surface area contributed by atoms with Crippen molar-refractivity contribution in [3.63, 3.8) is 0 Å². The monoisotopic (exact) mass is 421 g/mol. The van der Waals surface area contributed by atoms with Crippen LogP contribution >= 0.6 is 0 Å². The molecule has 2 aromatic heterocycles. The largest absolute Gasteiger partial charge is 0.343 e. The Hall–Kier alpha value is -3.06. The number of carbonyl (C=O) groups excluding carboxylic acids is 1. The first-order valence-electron chi connectivity index (χ1n) is 10.8. The summed E-state index contributed by atoms with van der Waals surface area (Å²) >= 11 is 0. The molecule has 1 aromatic carbocycles. The number of nitrogens with one attached hydrogen (secondary N) is 1. The Morgan fingerprint density at radius 3 is 2.77 bits per heavy atom. The van der Waals surface area contributed by atoms with Gasteiger partial charge in [-0.15, -0.1) is 0 Å². The van der Waals surface area contributed by atoms with Crippen LogP contribution in [0.15, 0.2) is 61.2 Å². The number of hydrogen-bond donors (Lipinski definition) is 1. The molecule has 0 aliphatic carbocycles. The maximum absolute atomic E-state index is 13.6. The minimum atomic E-state index is -0.415. The normalized spacial score (nSPS) is 16.2. The van der Waals surface area contributed by atoms with Crippen LogP contribution in [0, 0.1) is 11.7 Å². The standard InChI is InChI=1S/C24H28FN5O/c1-2-30-17-26-15-21(30)16-29-12-9-18(10-13-29)23(22-8-3-4-11-27-22)28-24(31)19-6-5-7-20(25)14-19/h3-8,11,14-15,17-18,23H,2,9-10,12-13,16H2,1H3,(H,28,31)/t23-/m0/s1. The fourth-order valence-corrected chi connectivity index (χ4v) is 4.29. The van der Waals surface area contributed by atoms with E-state index in [0.29, 0.717) is 5.56 Å². The van der Waals surface area contributed by atoms with Gasteiger partial charge in [-0.25, -0.2) is 9.37 Å². The summed E-state index contributed by atoms with van der Waals surface area (Å²) in [5, 5.41) is 3.12. The van der Waals surface area contributed by atoms with Gasteiger partial charge < -0.3 is 9.88 Å². The lowest BCUT2D eigenvalue weighted by molar-refractivity contribution is 0.0887. The van der Waals surface area contributed by atoms with Crippen LogP contribution < -0.4 is 5.32 Å². The van der Waals surface area contributed by atoms with E-state index in [9.17, 15) is 9.18 Å². The molecule has 4 rings (SSSR count). The van der Waals surface area contributed by atoms with Crippen molar-refractivity contribution in [1.82, 2.24) is 24.8 Å². The number of likely N-dealkylation sites (tertiary alicyclic amines) is 1. The van der Waals surface area contributed by atoms with E-state index in [0.717, 1.165) is 44.7 Å². The van der Waals surface area contributed by atoms with Gasteiger partial charge in [0.05, 0.1) is 23.8 Å². The van der Waals surface area contributed by atoms with Gasteiger partial charge in [0.25, 0.3) is 5.91 Å². The molecule has 1 saturated heterocycles. The molecule has 0 unspecified atom stereocenters. The number of amides is 1. The molecule has 1 N–H and O–H groups in total. The van der Waals surface area contributed by atoms with Crippen LogP contribution in [-0.2, 0) is 13.1 Å². The summed E-state index contributed by atoms with van der Waals surface area (Å²) in [6.45, 7) is 5.80. The predicted molar refractivity (Wildman–Crippen MR) is 117 cm³/mol. The Kier molecular flexibility index (Phi) is 6.72. The number of rotatable bonds is 7. The van der Waals surface area contributed by atoms with Crippen molar-refractivity contribution < 1.29 is 9.18 Å². The molecule has 3 heterocycles. The number of aromatic nitrogens is 3. The molecule has 31 heavy (non-hydrogen) atoms. The number of aryl methyl sites for hydroxylation is 1. The van der Waals surface area contributed by atoms with Crippen molar-refractivity contribution in [3.05, 3.63) is 84.0 Å². The Morgan fingerprint density at radius 1 is 1.23 bits per heavy atom. The number of pyridine rings is 1. The van der Waals surface area contributed by atoms with Gasteiger partial charge in [0.1, 0.15) is 5.82 Å². The highest BCUT2D eigenvalue weighted by atomic mass is 19.1. The van der Waals surface area contributed by atoms with Gasteiger partial charge >= 0.3 is 0 Å². The third kappa shape index (κ3) is 5.17. The van der Waals surface area contributed by atoms with Crippen LogP contribution in [-0.4, -0.2) is 38.4 Å². The van der Waals surface area contributed by atoms with Crippen molar-refractivity contribution >= 4 is 5.91 Å². The molecule has 7 heteroatoms. The second-order valence-electron chi connectivity index (χ2n) is 8.00. The zero-order valence-corrected chi connectivity index (χ0v) is 17.7. The number of nitrogens with zero attached hydrogens (tertiary/aromatic N) is 4. The van der Waals surface area contributed by atoms with Crippen molar-refractivity contribution in [1.29, 1.82) is 0 Å². The molecule has 162 valence electrons. The maximum Gasteiger partial charge on any atom is 0.251 e. The van der Waals surface area contributed by atoms with E-state index in [1.165, 1.54) is 17.8 Å². The van der Waals surface area contributed by atoms with Crippen LogP contribution in [0.25, 0.3) is 0 Å². The van der Waals surface area contributed by atoms with Gasteiger partial charge in [-0.1, -0.05) is 12.1 Å². The van der Waals surface area contributed by atoms with Gasteiger partial charge in [0, 0.05) is 31.0 Å². The summed E-state index contributed by atoms with van der Waals surface area (Å²) < 4.78 is 15.8. The number of halogens is 1. The minimum absolute atomic E-state index is 0.208. The van der Waals surface area contributed by atoms with E-state index < -0.39 is 5.82 Å². The van der Waals surface area contributed by atoms with Gasteiger partial charge in [-0.05, 0) is 69.1 Å². The molecule has 1 amide bonds. The summed E-state index contributed by atoms with van der Waals surface area (Å²) in [6, 6.07) is 11.3. The quantitative estimate of drug-likeness (QED) is 0.630. The number of carbonyl (C=O) groups is 1. The summed E-state index contributed by atoms with van der Waals surface area (Å²) in [6.07, 6.45) is 7.46. The fraction of sp³-hybridized carbons (Fsp3) is 0.375. The Balaban J connectivity index is 1.45. The molecule has 1 fully saturated rings. The second-order valence-corrected chi connectivity index (χ2v) is 8.00. The van der Waals surface area contributed by atoms with E-state index in [4.69, 9.17) is 0 Å². The van der Waals surface area contributed by atoms with Crippen molar-refractivity contribution in [2.45, 2.75) is 38.9 Å². The molecule has 3 aromatic rings. The molecule has 1 aliphatic rings. The molecule has 1 aliphatic heterocycles. The lowest BCUT2D eigenvalue weighted by Gasteiger charge is -2.36. The van der Waals surface area contributed by atoms with Crippen LogP contribution in [0.5, 0.6) is 0 Å². The predicted octanol–water partition coefficient (Wildman–Crippen LogP) is 3.82. The number of hydrogen-bond acceptors (Lipinski definition) is 4. The van der Waals surface area contributed by atoms with E-state index >= 15 is 0 Å². The van der Waals surface area contributed by atoms with E-state index in [1.54, 1.807) is 18.3 Å². The molecule has 1 atom stereocenters. The van der Waals surface area contributed by atoms with Crippen LogP contribution in [0.3, 0.4) is 0 Å². The van der Waals surface area contributed by atoms with Crippen LogP contribution in [0.1, 0.15) is 47.6 Å². The zero-order chi connectivity index (χ0) is 21.6. The minimum Gasteiger partial charge on any atom is -0.343 e. The number of piperidine rings is 1. The first-order chi connectivity index (χ1) is 15.1. The molecule has 0 saturated carbocycles. The summed E-state index contributed by atoms with van der Waals surface area (Å²) in [5.74, 6) is -0.425. The zero-order valence-electron chi connectivity index (χ0n) is 17.7. The maximum atomic E-state index is 13.6. The highest BCUT2D eigenvalue weighted by molar-refractivity contribution is 5.94. The third-order valence-corrected chi connectivity index (χ3v) is 6.01. The van der Waals surface area contributed by atoms with Crippen LogP contribution in [0.4, 0.5) is 4.39 Å². The third-order valence-electron chi connectivity index (χ3n) is 6.01. The highest BCUT2D eigenvalue weighted by Crippen LogP contribution is 2.31. The van der Waals surface area contributed by atoms with Crippen molar-refractivity contribution in [2.24, 2.45) is 5.92 Å². The second kappa shape index (κ2) is 9.83. The van der Waals surface area contributed by atoms with Crippen molar-refractivity contribution in [2.75, 3.05) is 13.1 Å². The topological polar surface area (TPSA) is 63.1 Å². The average Bonchev–Trinajstić information content (AvgIpc) is 3.25. The smallest absolute Gasteiger partial charge is 0.251 e. The van der Waals surface area contributed by atoms with Crippen LogP contribution in [0.2, 0.25) is 0 Å². The lowest BCUT2D eigenvalue weighted by atomic mass is 9.87. The molecule has 0 bridgehead atoms. The number of benzene rings is 1. The molecule has 0 spiro atoms. The Morgan fingerprint density at radius 2 is 2.06 bits per heavy atom. The van der Waals surface area contributed by atoms with E-state index in [2.05, 4.69) is 31.7 Å². The fourth-order valence-electron chi connectivity index (χ4n) is 4.29. The summed E-state index contributed by atoms with van der Waals surface area (Å²) in [4.78, 5) is 24.0. The van der Waals surface area contributed by atoms with E-state index in [-0.39, 0.29) is 17.9 Å². The molecule has 6 nitrogen and oxygen atoms in total. The first-order valence-corrected chi connectivity index (χ1v) is 10.8. The van der Waals surface area contributed by atoms with Gasteiger partial charge in [0.2, 0.25) is 0 Å². The first kappa shape index (κ1) is 21.2. The van der Waals surface area contributed by atoms with Gasteiger partial charge in [-0.2, -0.15) is 0 Å². The Bertz CT molecular complexity index is 998. The summed E-state index contributed by atoms with van der Waals surface area (Å²) in [7, 11) is 0. The summed E-state index contributed by atoms with van der Waals surface area (Å²) in [5.41, 5.74) is 2.39. The molecular formula is C24H28FN5O. The van der Waals surface area contributed by atoms with Crippen molar-refractivity contribution in [3.8, 4) is 0 Å². The SMILES string of the molecule is CCn1cncc1CN1CCC([C@H](NC(=O)c2cccc(F)c2)c2ccccn2)CC1. The van der Waals surface area contributed by atoms with Gasteiger partial charge in [0.15, 0.2) is 0 Å². The molecule has 0 radical (unpaired) electrons. The number of imidazole rings is 1.